The number of hydrogen-bond donors (Lipinski definition) is 0. The monoisotopic (exact) mass is 413 g/mol. The fourth-order valence-corrected chi connectivity index (χ4v) is 3.49. The molecule has 1 aliphatic rings. The predicted molar refractivity (Wildman–Crippen MR) is 108 cm³/mol. The van der Waals surface area contributed by atoms with Crippen LogP contribution in [-0.4, -0.2) is 49.0 Å². The number of methoxy groups -OCH3 is 1. The van der Waals surface area contributed by atoms with Crippen LogP contribution in [0.25, 0.3) is 6.08 Å². The molecule has 1 atom stereocenters. The average molecular weight is 414 g/mol. The summed E-state index contributed by atoms with van der Waals surface area (Å²) in [6.45, 7) is 6.82. The summed E-state index contributed by atoms with van der Waals surface area (Å²) < 4.78 is 16.5. The van der Waals surface area contributed by atoms with Crippen molar-refractivity contribution >= 4 is 40.6 Å². The van der Waals surface area contributed by atoms with E-state index in [4.69, 9.17) is 25.8 Å². The van der Waals surface area contributed by atoms with Crippen molar-refractivity contribution in [2.75, 3.05) is 26.9 Å². The molecule has 0 aliphatic carbocycles. The van der Waals surface area contributed by atoms with E-state index in [1.54, 1.807) is 18.2 Å². The molecule has 8 heteroatoms. The van der Waals surface area contributed by atoms with Gasteiger partial charge in [-0.05, 0) is 55.8 Å². The highest BCUT2D eigenvalue weighted by molar-refractivity contribution is 8.18. The first-order chi connectivity index (χ1) is 12.9. The van der Waals surface area contributed by atoms with Crippen molar-refractivity contribution in [1.82, 2.24) is 4.90 Å². The van der Waals surface area contributed by atoms with E-state index in [9.17, 15) is 9.59 Å². The maximum atomic E-state index is 12.4. The standard InChI is InChI=1S/C19H24ClNO5S/c1-5-12(3)26-17-14(20)9-13(10-15(17)25-6-2)11-16-18(22)21(7-8-24-4)19(23)27-16/h9-12H,5-8H2,1-4H3/b16-11+/t12-/m1/s1. The molecule has 1 fully saturated rings. The van der Waals surface area contributed by atoms with Crippen molar-refractivity contribution in [2.45, 2.75) is 33.3 Å². The first-order valence-corrected chi connectivity index (χ1v) is 9.97. The Morgan fingerprint density at radius 3 is 2.67 bits per heavy atom. The van der Waals surface area contributed by atoms with Crippen molar-refractivity contribution < 1.29 is 23.8 Å². The fraction of sp³-hybridized carbons (Fsp3) is 0.474. The van der Waals surface area contributed by atoms with Gasteiger partial charge in [0.15, 0.2) is 11.5 Å². The second-order valence-corrected chi connectivity index (χ2v) is 7.33. The van der Waals surface area contributed by atoms with E-state index >= 15 is 0 Å². The smallest absolute Gasteiger partial charge is 0.293 e. The normalized spacial score (nSPS) is 16.9. The number of carbonyl (C=O) groups excluding carboxylic acids is 2. The number of halogens is 1. The van der Waals surface area contributed by atoms with E-state index in [0.717, 1.165) is 18.2 Å². The van der Waals surface area contributed by atoms with Crippen molar-refractivity contribution in [2.24, 2.45) is 0 Å². The quantitative estimate of drug-likeness (QED) is 0.551. The van der Waals surface area contributed by atoms with Crippen LogP contribution < -0.4 is 9.47 Å². The molecule has 1 heterocycles. The minimum Gasteiger partial charge on any atom is -0.490 e. The van der Waals surface area contributed by atoms with E-state index in [0.29, 0.717) is 40.2 Å². The summed E-state index contributed by atoms with van der Waals surface area (Å²) in [5, 5.41) is 0.0854. The molecule has 0 N–H and O–H groups in total. The molecule has 1 aromatic rings. The van der Waals surface area contributed by atoms with Gasteiger partial charge in [-0.15, -0.1) is 0 Å². The van der Waals surface area contributed by atoms with Gasteiger partial charge in [-0.1, -0.05) is 18.5 Å². The number of carbonyl (C=O) groups is 2. The molecule has 1 aromatic carbocycles. The third-order valence-corrected chi connectivity index (χ3v) is 5.10. The van der Waals surface area contributed by atoms with Gasteiger partial charge in [0.05, 0.1) is 35.8 Å². The summed E-state index contributed by atoms with van der Waals surface area (Å²) in [4.78, 5) is 26.0. The number of nitrogens with zero attached hydrogens (tertiary/aromatic N) is 1. The number of imide groups is 1. The van der Waals surface area contributed by atoms with Gasteiger partial charge in [-0.2, -0.15) is 0 Å². The largest absolute Gasteiger partial charge is 0.490 e. The number of ether oxygens (including phenoxy) is 3. The van der Waals surface area contributed by atoms with Gasteiger partial charge in [0.2, 0.25) is 0 Å². The zero-order valence-corrected chi connectivity index (χ0v) is 17.5. The molecule has 0 spiro atoms. The van der Waals surface area contributed by atoms with Crippen molar-refractivity contribution in [3.05, 3.63) is 27.6 Å². The topological polar surface area (TPSA) is 65.1 Å². The summed E-state index contributed by atoms with van der Waals surface area (Å²) in [5.74, 6) is 0.657. The second-order valence-electron chi connectivity index (χ2n) is 5.93. The molecule has 0 bridgehead atoms. The molecule has 2 rings (SSSR count). The number of rotatable bonds is 9. The Labute approximate surface area is 168 Å². The lowest BCUT2D eigenvalue weighted by Gasteiger charge is -2.18. The minimum absolute atomic E-state index is 0.00941. The number of thioether (sulfide) groups is 1. The Morgan fingerprint density at radius 1 is 1.30 bits per heavy atom. The molecule has 27 heavy (non-hydrogen) atoms. The highest BCUT2D eigenvalue weighted by Gasteiger charge is 2.34. The van der Waals surface area contributed by atoms with E-state index in [2.05, 4.69) is 0 Å². The molecule has 0 saturated carbocycles. The summed E-state index contributed by atoms with van der Waals surface area (Å²) in [5.41, 5.74) is 0.664. The predicted octanol–water partition coefficient (Wildman–Crippen LogP) is 4.60. The highest BCUT2D eigenvalue weighted by atomic mass is 35.5. The Hall–Kier alpha value is -1.70. The lowest BCUT2D eigenvalue weighted by molar-refractivity contribution is -0.123. The maximum Gasteiger partial charge on any atom is 0.293 e. The van der Waals surface area contributed by atoms with Gasteiger partial charge in [0.25, 0.3) is 11.1 Å². The molecule has 0 aromatic heterocycles. The number of benzene rings is 1. The third-order valence-electron chi connectivity index (χ3n) is 3.92. The molecule has 1 aliphatic heterocycles. The molecule has 2 amide bonds. The lowest BCUT2D eigenvalue weighted by Crippen LogP contribution is -2.31. The Kier molecular flexibility index (Phi) is 8.01. The summed E-state index contributed by atoms with van der Waals surface area (Å²) >= 11 is 7.30. The van der Waals surface area contributed by atoms with E-state index in [-0.39, 0.29) is 23.8 Å². The third kappa shape index (κ3) is 5.40. The number of amides is 2. The van der Waals surface area contributed by atoms with E-state index in [1.807, 2.05) is 20.8 Å². The Bertz CT molecular complexity index is 737. The minimum atomic E-state index is -0.337. The van der Waals surface area contributed by atoms with Gasteiger partial charge >= 0.3 is 0 Å². The highest BCUT2D eigenvalue weighted by Crippen LogP contribution is 2.39. The molecular formula is C19H24ClNO5S. The van der Waals surface area contributed by atoms with Crippen LogP contribution in [0.4, 0.5) is 4.79 Å². The summed E-state index contributed by atoms with van der Waals surface area (Å²) in [6.07, 6.45) is 2.46. The summed E-state index contributed by atoms with van der Waals surface area (Å²) in [6, 6.07) is 3.46. The van der Waals surface area contributed by atoms with Gasteiger partial charge in [-0.25, -0.2) is 0 Å². The maximum absolute atomic E-state index is 12.4. The molecule has 1 saturated heterocycles. The van der Waals surface area contributed by atoms with Crippen LogP contribution in [0.1, 0.15) is 32.8 Å². The molecule has 0 radical (unpaired) electrons. The van der Waals surface area contributed by atoms with Crippen LogP contribution in [0.3, 0.4) is 0 Å². The molecule has 148 valence electrons. The fourth-order valence-electron chi connectivity index (χ4n) is 2.36. The van der Waals surface area contributed by atoms with Gasteiger partial charge < -0.3 is 14.2 Å². The van der Waals surface area contributed by atoms with Crippen LogP contribution in [0.15, 0.2) is 17.0 Å². The zero-order valence-electron chi connectivity index (χ0n) is 15.9. The SMILES string of the molecule is CCOc1cc(/C=C2/SC(=O)N(CCOC)C2=O)cc(Cl)c1O[C@H](C)CC. The van der Waals surface area contributed by atoms with Gasteiger partial charge in [0, 0.05) is 7.11 Å². The summed E-state index contributed by atoms with van der Waals surface area (Å²) in [7, 11) is 1.52. The molecular weight excluding hydrogens is 390 g/mol. The van der Waals surface area contributed by atoms with Crippen molar-refractivity contribution in [1.29, 1.82) is 0 Å². The first kappa shape index (κ1) is 21.6. The Balaban J connectivity index is 2.32. The van der Waals surface area contributed by atoms with Gasteiger partial charge in [0.1, 0.15) is 0 Å². The van der Waals surface area contributed by atoms with E-state index < -0.39 is 0 Å². The van der Waals surface area contributed by atoms with Crippen LogP contribution in [0.2, 0.25) is 5.02 Å². The van der Waals surface area contributed by atoms with E-state index in [1.165, 1.54) is 12.0 Å². The van der Waals surface area contributed by atoms with Crippen LogP contribution in [0, 0.1) is 0 Å². The van der Waals surface area contributed by atoms with Gasteiger partial charge in [-0.3, -0.25) is 14.5 Å². The van der Waals surface area contributed by atoms with Crippen LogP contribution >= 0.6 is 23.4 Å². The van der Waals surface area contributed by atoms with Crippen molar-refractivity contribution in [3.8, 4) is 11.5 Å². The first-order valence-electron chi connectivity index (χ1n) is 8.78. The molecule has 6 nitrogen and oxygen atoms in total. The second kappa shape index (κ2) is 10.0. The Morgan fingerprint density at radius 2 is 2.04 bits per heavy atom. The van der Waals surface area contributed by atoms with Crippen LogP contribution in [-0.2, 0) is 9.53 Å². The zero-order chi connectivity index (χ0) is 20.0. The average Bonchev–Trinajstić information content (AvgIpc) is 2.89. The van der Waals surface area contributed by atoms with Crippen molar-refractivity contribution in [3.63, 3.8) is 0 Å². The lowest BCUT2D eigenvalue weighted by atomic mass is 10.1. The number of hydrogen-bond acceptors (Lipinski definition) is 6. The molecule has 0 unspecified atom stereocenters. The van der Waals surface area contributed by atoms with Crippen LogP contribution in [0.5, 0.6) is 11.5 Å².